The SMILES string of the molecule is CC1OCCN(Cc2ccc(Cl)cc2Cl)C1=O. The van der Waals surface area contributed by atoms with Crippen LogP contribution in [0.25, 0.3) is 0 Å². The van der Waals surface area contributed by atoms with E-state index in [1.54, 1.807) is 24.0 Å². The van der Waals surface area contributed by atoms with Gasteiger partial charge in [0.15, 0.2) is 0 Å². The maximum atomic E-state index is 11.8. The van der Waals surface area contributed by atoms with Crippen molar-refractivity contribution in [3.05, 3.63) is 33.8 Å². The van der Waals surface area contributed by atoms with Crippen LogP contribution >= 0.6 is 23.2 Å². The van der Waals surface area contributed by atoms with Crippen molar-refractivity contribution in [2.45, 2.75) is 19.6 Å². The van der Waals surface area contributed by atoms with Crippen molar-refractivity contribution in [1.82, 2.24) is 4.90 Å². The van der Waals surface area contributed by atoms with Gasteiger partial charge in [-0.2, -0.15) is 0 Å². The number of hydrogen-bond donors (Lipinski definition) is 0. The number of hydrogen-bond acceptors (Lipinski definition) is 2. The summed E-state index contributed by atoms with van der Waals surface area (Å²) in [5, 5.41) is 1.19. The zero-order valence-electron chi connectivity index (χ0n) is 9.45. The summed E-state index contributed by atoms with van der Waals surface area (Å²) >= 11 is 11.9. The van der Waals surface area contributed by atoms with E-state index in [2.05, 4.69) is 0 Å². The van der Waals surface area contributed by atoms with Crippen molar-refractivity contribution < 1.29 is 9.53 Å². The Bertz CT molecular complexity index is 437. The number of morpholine rings is 1. The van der Waals surface area contributed by atoms with E-state index in [1.807, 2.05) is 6.07 Å². The molecular formula is C12H13Cl2NO2. The average molecular weight is 274 g/mol. The van der Waals surface area contributed by atoms with Gasteiger partial charge in [-0.15, -0.1) is 0 Å². The van der Waals surface area contributed by atoms with Crippen LogP contribution in [0.1, 0.15) is 12.5 Å². The van der Waals surface area contributed by atoms with Gasteiger partial charge in [0.2, 0.25) is 0 Å². The molecule has 3 nitrogen and oxygen atoms in total. The molecule has 1 unspecified atom stereocenters. The van der Waals surface area contributed by atoms with Crippen LogP contribution in [0.4, 0.5) is 0 Å². The normalized spacial score (nSPS) is 20.8. The van der Waals surface area contributed by atoms with Crippen molar-refractivity contribution in [3.63, 3.8) is 0 Å². The first-order chi connectivity index (χ1) is 8.08. The average Bonchev–Trinajstić information content (AvgIpc) is 2.28. The zero-order valence-corrected chi connectivity index (χ0v) is 11.0. The molecule has 0 aromatic heterocycles. The third kappa shape index (κ3) is 2.92. The maximum Gasteiger partial charge on any atom is 0.251 e. The highest BCUT2D eigenvalue weighted by Gasteiger charge is 2.26. The lowest BCUT2D eigenvalue weighted by Gasteiger charge is -2.31. The van der Waals surface area contributed by atoms with Gasteiger partial charge in [-0.05, 0) is 24.6 Å². The van der Waals surface area contributed by atoms with Crippen LogP contribution in [0.15, 0.2) is 18.2 Å². The van der Waals surface area contributed by atoms with Crippen LogP contribution < -0.4 is 0 Å². The molecule has 1 aliphatic heterocycles. The molecule has 1 heterocycles. The number of rotatable bonds is 2. The number of amides is 1. The second-order valence-corrected chi connectivity index (χ2v) is 4.85. The van der Waals surface area contributed by atoms with E-state index in [0.29, 0.717) is 29.7 Å². The number of carbonyl (C=O) groups excluding carboxylic acids is 1. The molecule has 17 heavy (non-hydrogen) atoms. The molecule has 1 amide bonds. The van der Waals surface area contributed by atoms with Crippen LogP contribution in [-0.4, -0.2) is 30.1 Å². The van der Waals surface area contributed by atoms with Crippen LogP contribution in [0.3, 0.4) is 0 Å². The second kappa shape index (κ2) is 5.25. The van der Waals surface area contributed by atoms with E-state index >= 15 is 0 Å². The monoisotopic (exact) mass is 273 g/mol. The van der Waals surface area contributed by atoms with Gasteiger partial charge in [0.1, 0.15) is 6.10 Å². The molecule has 1 aromatic carbocycles. The number of benzene rings is 1. The molecule has 0 N–H and O–H groups in total. The van der Waals surface area contributed by atoms with Gasteiger partial charge in [0, 0.05) is 23.1 Å². The number of carbonyl (C=O) groups is 1. The Morgan fingerprint density at radius 1 is 1.47 bits per heavy atom. The molecule has 1 aliphatic rings. The molecular weight excluding hydrogens is 261 g/mol. The molecule has 0 bridgehead atoms. The Kier molecular flexibility index (Phi) is 3.92. The highest BCUT2D eigenvalue weighted by Crippen LogP contribution is 2.23. The predicted octanol–water partition coefficient (Wildman–Crippen LogP) is 2.74. The first-order valence-electron chi connectivity index (χ1n) is 5.42. The van der Waals surface area contributed by atoms with Gasteiger partial charge in [-0.25, -0.2) is 0 Å². The largest absolute Gasteiger partial charge is 0.367 e. The minimum atomic E-state index is -0.366. The van der Waals surface area contributed by atoms with E-state index in [4.69, 9.17) is 27.9 Å². The molecule has 0 saturated carbocycles. The van der Waals surface area contributed by atoms with Gasteiger partial charge in [0.05, 0.1) is 6.61 Å². The summed E-state index contributed by atoms with van der Waals surface area (Å²) in [4.78, 5) is 13.6. The zero-order chi connectivity index (χ0) is 12.4. The molecule has 0 spiro atoms. The fourth-order valence-corrected chi connectivity index (χ4v) is 2.26. The Morgan fingerprint density at radius 2 is 2.24 bits per heavy atom. The first kappa shape index (κ1) is 12.7. The molecule has 1 aromatic rings. The number of ether oxygens (including phenoxy) is 1. The van der Waals surface area contributed by atoms with Crippen molar-refractivity contribution in [1.29, 1.82) is 0 Å². The molecule has 0 radical (unpaired) electrons. The van der Waals surface area contributed by atoms with Gasteiger partial charge < -0.3 is 9.64 Å². The quantitative estimate of drug-likeness (QED) is 0.829. The van der Waals surface area contributed by atoms with E-state index in [0.717, 1.165) is 5.56 Å². The topological polar surface area (TPSA) is 29.5 Å². The fourth-order valence-electron chi connectivity index (χ4n) is 1.79. The maximum absolute atomic E-state index is 11.8. The summed E-state index contributed by atoms with van der Waals surface area (Å²) < 4.78 is 5.26. The fraction of sp³-hybridized carbons (Fsp3) is 0.417. The first-order valence-corrected chi connectivity index (χ1v) is 6.18. The Hall–Kier alpha value is -0.770. The smallest absolute Gasteiger partial charge is 0.251 e. The van der Waals surface area contributed by atoms with E-state index < -0.39 is 0 Å². The highest BCUT2D eigenvalue weighted by molar-refractivity contribution is 6.35. The summed E-state index contributed by atoms with van der Waals surface area (Å²) in [7, 11) is 0. The number of nitrogens with zero attached hydrogens (tertiary/aromatic N) is 1. The molecule has 1 fully saturated rings. The van der Waals surface area contributed by atoms with E-state index in [-0.39, 0.29) is 12.0 Å². The third-order valence-corrected chi connectivity index (χ3v) is 3.35. The second-order valence-electron chi connectivity index (χ2n) is 4.01. The molecule has 5 heteroatoms. The predicted molar refractivity (Wildman–Crippen MR) is 67.3 cm³/mol. The third-order valence-electron chi connectivity index (χ3n) is 2.76. The van der Waals surface area contributed by atoms with Crippen LogP contribution in [-0.2, 0) is 16.1 Å². The highest BCUT2D eigenvalue weighted by atomic mass is 35.5. The Morgan fingerprint density at radius 3 is 2.94 bits per heavy atom. The summed E-state index contributed by atoms with van der Waals surface area (Å²) in [6, 6.07) is 5.31. The number of halogens is 2. The van der Waals surface area contributed by atoms with Crippen molar-refractivity contribution in [2.24, 2.45) is 0 Å². The van der Waals surface area contributed by atoms with Gasteiger partial charge in [0.25, 0.3) is 5.91 Å². The molecule has 0 aliphatic carbocycles. The summed E-state index contributed by atoms with van der Waals surface area (Å²) in [6.45, 7) is 3.43. The lowest BCUT2D eigenvalue weighted by atomic mass is 10.2. The van der Waals surface area contributed by atoms with Crippen LogP contribution in [0.5, 0.6) is 0 Å². The van der Waals surface area contributed by atoms with Gasteiger partial charge in [-0.1, -0.05) is 29.3 Å². The lowest BCUT2D eigenvalue weighted by molar-refractivity contribution is -0.152. The standard InChI is InChI=1S/C12H13Cl2NO2/c1-8-12(16)15(4-5-17-8)7-9-2-3-10(13)6-11(9)14/h2-3,6,8H,4-5,7H2,1H3. The minimum Gasteiger partial charge on any atom is -0.367 e. The molecule has 1 saturated heterocycles. The summed E-state index contributed by atoms with van der Waals surface area (Å²) in [5.74, 6) is 0.00210. The summed E-state index contributed by atoms with van der Waals surface area (Å²) in [6.07, 6.45) is -0.366. The summed E-state index contributed by atoms with van der Waals surface area (Å²) in [5.41, 5.74) is 0.901. The molecule has 92 valence electrons. The lowest BCUT2D eigenvalue weighted by Crippen LogP contribution is -2.45. The van der Waals surface area contributed by atoms with Gasteiger partial charge in [-0.3, -0.25) is 4.79 Å². The van der Waals surface area contributed by atoms with Crippen LogP contribution in [0.2, 0.25) is 10.0 Å². The van der Waals surface area contributed by atoms with Gasteiger partial charge >= 0.3 is 0 Å². The van der Waals surface area contributed by atoms with Crippen molar-refractivity contribution in [2.75, 3.05) is 13.2 Å². The van der Waals surface area contributed by atoms with E-state index in [1.165, 1.54) is 0 Å². The molecule has 2 rings (SSSR count). The Labute approximate surface area is 110 Å². The van der Waals surface area contributed by atoms with Crippen molar-refractivity contribution in [3.8, 4) is 0 Å². The molecule has 1 atom stereocenters. The van der Waals surface area contributed by atoms with E-state index in [9.17, 15) is 4.79 Å². The Balaban J connectivity index is 2.12. The minimum absolute atomic E-state index is 0.00210. The van der Waals surface area contributed by atoms with Crippen molar-refractivity contribution >= 4 is 29.1 Å². The van der Waals surface area contributed by atoms with Crippen LogP contribution in [0, 0.1) is 0 Å².